The average Bonchev–Trinajstić information content (AvgIpc) is 2.50. The van der Waals surface area contributed by atoms with Crippen LogP contribution in [0.5, 0.6) is 5.75 Å². The summed E-state index contributed by atoms with van der Waals surface area (Å²) < 4.78 is 5.56. The standard InChI is InChI=1S/C17H24N2O2/c1-12-4-3-5-13(2)19(12)11-16(20)14-6-7-17-15(10-14)18-8-9-21-17/h6-7,10,12-13,18H,3-5,8-9,11H2,1-2H3. The highest BCUT2D eigenvalue weighted by molar-refractivity contribution is 5.98. The summed E-state index contributed by atoms with van der Waals surface area (Å²) in [6.07, 6.45) is 3.65. The Hall–Kier alpha value is -1.55. The summed E-state index contributed by atoms with van der Waals surface area (Å²) in [7, 11) is 0. The van der Waals surface area contributed by atoms with Crippen molar-refractivity contribution in [1.82, 2.24) is 4.90 Å². The molecule has 21 heavy (non-hydrogen) atoms. The summed E-state index contributed by atoms with van der Waals surface area (Å²) in [5, 5.41) is 3.29. The van der Waals surface area contributed by atoms with Crippen LogP contribution in [-0.2, 0) is 0 Å². The predicted molar refractivity (Wildman–Crippen MR) is 84.2 cm³/mol. The zero-order chi connectivity index (χ0) is 14.8. The van der Waals surface area contributed by atoms with E-state index in [2.05, 4.69) is 24.1 Å². The first-order valence-electron chi connectivity index (χ1n) is 7.95. The molecule has 1 fully saturated rings. The van der Waals surface area contributed by atoms with E-state index >= 15 is 0 Å². The fourth-order valence-corrected chi connectivity index (χ4v) is 3.36. The number of fused-ring (bicyclic) bond motifs is 1. The van der Waals surface area contributed by atoms with E-state index in [1.807, 2.05) is 18.2 Å². The zero-order valence-corrected chi connectivity index (χ0v) is 12.9. The quantitative estimate of drug-likeness (QED) is 0.868. The molecular weight excluding hydrogens is 264 g/mol. The number of rotatable bonds is 3. The van der Waals surface area contributed by atoms with Crippen LogP contribution in [0.4, 0.5) is 5.69 Å². The number of carbonyl (C=O) groups excluding carboxylic acids is 1. The largest absolute Gasteiger partial charge is 0.490 e. The fraction of sp³-hybridized carbons (Fsp3) is 0.588. The monoisotopic (exact) mass is 288 g/mol. The molecule has 2 aliphatic rings. The second kappa shape index (κ2) is 6.06. The molecule has 0 bridgehead atoms. The zero-order valence-electron chi connectivity index (χ0n) is 12.9. The third kappa shape index (κ3) is 3.05. The lowest BCUT2D eigenvalue weighted by Crippen LogP contribution is -2.46. The van der Waals surface area contributed by atoms with Crippen molar-refractivity contribution in [2.75, 3.05) is 25.0 Å². The topological polar surface area (TPSA) is 41.6 Å². The molecule has 1 aromatic carbocycles. The number of hydrogen-bond donors (Lipinski definition) is 1. The Morgan fingerprint density at radius 1 is 1.33 bits per heavy atom. The number of ether oxygens (including phenoxy) is 1. The van der Waals surface area contributed by atoms with Gasteiger partial charge < -0.3 is 10.1 Å². The molecule has 114 valence electrons. The molecule has 0 radical (unpaired) electrons. The van der Waals surface area contributed by atoms with Gasteiger partial charge in [-0.15, -0.1) is 0 Å². The smallest absolute Gasteiger partial charge is 0.176 e. The molecule has 3 rings (SSSR count). The van der Waals surface area contributed by atoms with Gasteiger partial charge in [-0.1, -0.05) is 6.42 Å². The molecule has 2 aliphatic heterocycles. The summed E-state index contributed by atoms with van der Waals surface area (Å²) in [6, 6.07) is 6.70. The van der Waals surface area contributed by atoms with Crippen molar-refractivity contribution in [1.29, 1.82) is 0 Å². The molecule has 0 spiro atoms. The second-order valence-electron chi connectivity index (χ2n) is 6.21. The van der Waals surface area contributed by atoms with Gasteiger partial charge in [0, 0.05) is 24.2 Å². The van der Waals surface area contributed by atoms with Gasteiger partial charge in [0.15, 0.2) is 5.78 Å². The molecule has 2 unspecified atom stereocenters. The molecular formula is C17H24N2O2. The maximum Gasteiger partial charge on any atom is 0.176 e. The molecule has 2 atom stereocenters. The molecule has 0 amide bonds. The van der Waals surface area contributed by atoms with Crippen molar-refractivity contribution in [2.45, 2.75) is 45.2 Å². The van der Waals surface area contributed by atoms with E-state index in [1.54, 1.807) is 0 Å². The minimum Gasteiger partial charge on any atom is -0.490 e. The predicted octanol–water partition coefficient (Wildman–Crippen LogP) is 2.94. The Balaban J connectivity index is 1.73. The molecule has 0 saturated carbocycles. The fourth-order valence-electron chi connectivity index (χ4n) is 3.36. The summed E-state index contributed by atoms with van der Waals surface area (Å²) in [5.41, 5.74) is 1.71. The Morgan fingerprint density at radius 3 is 2.86 bits per heavy atom. The van der Waals surface area contributed by atoms with Gasteiger partial charge in [0.2, 0.25) is 0 Å². The number of benzene rings is 1. The van der Waals surface area contributed by atoms with Crippen LogP contribution in [0.3, 0.4) is 0 Å². The Bertz CT molecular complexity index is 520. The van der Waals surface area contributed by atoms with E-state index in [1.165, 1.54) is 19.3 Å². The number of piperidine rings is 1. The number of hydrogen-bond acceptors (Lipinski definition) is 4. The maximum atomic E-state index is 12.6. The SMILES string of the molecule is CC1CCCC(C)N1CC(=O)c1ccc2c(c1)NCCO2. The van der Waals surface area contributed by atoms with Crippen LogP contribution in [0, 0.1) is 0 Å². The molecule has 4 heteroatoms. The number of carbonyl (C=O) groups is 1. The van der Waals surface area contributed by atoms with Crippen LogP contribution >= 0.6 is 0 Å². The van der Waals surface area contributed by atoms with Crippen LogP contribution in [-0.4, -0.2) is 42.5 Å². The van der Waals surface area contributed by atoms with Crippen molar-refractivity contribution in [3.05, 3.63) is 23.8 Å². The van der Waals surface area contributed by atoms with Crippen LogP contribution in [0.15, 0.2) is 18.2 Å². The van der Waals surface area contributed by atoms with Gasteiger partial charge in [0.1, 0.15) is 12.4 Å². The van der Waals surface area contributed by atoms with Gasteiger partial charge in [0.05, 0.1) is 12.2 Å². The third-order valence-electron chi connectivity index (χ3n) is 4.68. The first-order chi connectivity index (χ1) is 10.1. The van der Waals surface area contributed by atoms with Gasteiger partial charge in [-0.25, -0.2) is 0 Å². The maximum absolute atomic E-state index is 12.6. The van der Waals surface area contributed by atoms with E-state index in [-0.39, 0.29) is 5.78 Å². The van der Waals surface area contributed by atoms with E-state index in [0.29, 0.717) is 25.2 Å². The van der Waals surface area contributed by atoms with E-state index < -0.39 is 0 Å². The van der Waals surface area contributed by atoms with Crippen molar-refractivity contribution >= 4 is 11.5 Å². The van der Waals surface area contributed by atoms with Gasteiger partial charge in [-0.05, 0) is 44.9 Å². The van der Waals surface area contributed by atoms with Gasteiger partial charge in [0.25, 0.3) is 0 Å². The second-order valence-corrected chi connectivity index (χ2v) is 6.21. The minimum atomic E-state index is 0.200. The van der Waals surface area contributed by atoms with Crippen molar-refractivity contribution in [2.24, 2.45) is 0 Å². The van der Waals surface area contributed by atoms with Gasteiger partial charge in [-0.3, -0.25) is 9.69 Å². The Kier molecular flexibility index (Phi) is 4.15. The first kappa shape index (κ1) is 14.4. The van der Waals surface area contributed by atoms with Crippen molar-refractivity contribution < 1.29 is 9.53 Å². The van der Waals surface area contributed by atoms with E-state index in [4.69, 9.17) is 4.74 Å². The highest BCUT2D eigenvalue weighted by Gasteiger charge is 2.27. The van der Waals surface area contributed by atoms with Crippen LogP contribution in [0.25, 0.3) is 0 Å². The first-order valence-corrected chi connectivity index (χ1v) is 7.95. The Morgan fingerprint density at radius 2 is 2.10 bits per heavy atom. The third-order valence-corrected chi connectivity index (χ3v) is 4.68. The van der Waals surface area contributed by atoms with E-state index in [9.17, 15) is 4.79 Å². The number of anilines is 1. The highest BCUT2D eigenvalue weighted by Crippen LogP contribution is 2.29. The molecule has 1 N–H and O–H groups in total. The van der Waals surface area contributed by atoms with Crippen molar-refractivity contribution in [3.8, 4) is 5.75 Å². The normalized spacial score (nSPS) is 25.6. The van der Waals surface area contributed by atoms with E-state index in [0.717, 1.165) is 23.5 Å². The molecule has 4 nitrogen and oxygen atoms in total. The van der Waals surface area contributed by atoms with Gasteiger partial charge >= 0.3 is 0 Å². The summed E-state index contributed by atoms with van der Waals surface area (Å²) >= 11 is 0. The molecule has 1 saturated heterocycles. The highest BCUT2D eigenvalue weighted by atomic mass is 16.5. The summed E-state index contributed by atoms with van der Waals surface area (Å²) in [4.78, 5) is 14.9. The Labute approximate surface area is 126 Å². The molecule has 2 heterocycles. The lowest BCUT2D eigenvalue weighted by Gasteiger charge is -2.38. The number of likely N-dealkylation sites (tertiary alicyclic amines) is 1. The van der Waals surface area contributed by atoms with Crippen LogP contribution in [0.1, 0.15) is 43.5 Å². The summed E-state index contributed by atoms with van der Waals surface area (Å²) in [6.45, 7) is 6.45. The molecule has 0 aromatic heterocycles. The lowest BCUT2D eigenvalue weighted by atomic mass is 9.96. The molecule has 0 aliphatic carbocycles. The number of nitrogens with zero attached hydrogens (tertiary/aromatic N) is 1. The summed E-state index contributed by atoms with van der Waals surface area (Å²) in [5.74, 6) is 1.04. The van der Waals surface area contributed by atoms with Gasteiger partial charge in [-0.2, -0.15) is 0 Å². The van der Waals surface area contributed by atoms with Crippen LogP contribution < -0.4 is 10.1 Å². The van der Waals surface area contributed by atoms with Crippen molar-refractivity contribution in [3.63, 3.8) is 0 Å². The molecule has 1 aromatic rings. The minimum absolute atomic E-state index is 0.200. The number of nitrogens with one attached hydrogen (secondary N) is 1. The number of Topliss-reactive ketones (excluding diaryl/α,β-unsaturated/α-hetero) is 1. The lowest BCUT2D eigenvalue weighted by molar-refractivity contribution is 0.0734. The van der Waals surface area contributed by atoms with Crippen LogP contribution in [0.2, 0.25) is 0 Å². The number of ketones is 1. The average molecular weight is 288 g/mol.